The molecule has 6 heteroatoms. The minimum absolute atomic E-state index is 0.0276. The summed E-state index contributed by atoms with van der Waals surface area (Å²) in [5, 5.41) is 8.49. The van der Waals surface area contributed by atoms with E-state index >= 15 is 0 Å². The number of halogens is 2. The van der Waals surface area contributed by atoms with Crippen LogP contribution in [0.25, 0.3) is 0 Å². The Morgan fingerprint density at radius 1 is 1.21 bits per heavy atom. The van der Waals surface area contributed by atoms with E-state index in [4.69, 9.17) is 5.73 Å². The van der Waals surface area contributed by atoms with E-state index in [1.807, 2.05) is 0 Å². The second-order valence-electron chi connectivity index (χ2n) is 5.86. The number of hydrogen-bond acceptors (Lipinski definition) is 3. The van der Waals surface area contributed by atoms with Gasteiger partial charge in [0, 0.05) is 31.7 Å². The highest BCUT2D eigenvalue weighted by Crippen LogP contribution is 2.40. The minimum Gasteiger partial charge on any atom is -0.330 e. The third-order valence-electron chi connectivity index (χ3n) is 4.49. The zero-order valence-electron chi connectivity index (χ0n) is 11.0. The van der Waals surface area contributed by atoms with Gasteiger partial charge in [-0.1, -0.05) is 0 Å². The van der Waals surface area contributed by atoms with Gasteiger partial charge in [-0.3, -0.25) is 0 Å². The molecule has 1 fully saturated rings. The molecule has 3 rings (SSSR count). The van der Waals surface area contributed by atoms with Crippen molar-refractivity contribution in [3.05, 3.63) is 11.6 Å². The molecular weight excluding hydrogens is 250 g/mol. The van der Waals surface area contributed by atoms with Crippen molar-refractivity contribution in [2.24, 2.45) is 11.7 Å². The van der Waals surface area contributed by atoms with E-state index in [9.17, 15) is 8.78 Å². The lowest BCUT2D eigenvalue weighted by Crippen LogP contribution is -2.29. The normalized spacial score (nSPS) is 27.2. The van der Waals surface area contributed by atoms with Gasteiger partial charge in [-0.15, -0.1) is 10.2 Å². The van der Waals surface area contributed by atoms with Crippen LogP contribution < -0.4 is 5.73 Å². The average molecular weight is 270 g/mol. The van der Waals surface area contributed by atoms with Crippen molar-refractivity contribution in [3.63, 3.8) is 0 Å². The molecule has 4 nitrogen and oxygen atoms in total. The molecule has 1 aromatic rings. The molecule has 0 radical (unpaired) electrons. The molecule has 2 N–H and O–H groups in total. The number of rotatable bonds is 2. The number of aryl methyl sites for hydroxylation is 1. The summed E-state index contributed by atoms with van der Waals surface area (Å²) in [4.78, 5) is 0. The van der Waals surface area contributed by atoms with Crippen LogP contribution in [0, 0.1) is 5.92 Å². The Hall–Kier alpha value is -1.04. The van der Waals surface area contributed by atoms with Gasteiger partial charge >= 0.3 is 0 Å². The first-order chi connectivity index (χ1) is 9.09. The molecule has 1 unspecified atom stereocenters. The van der Waals surface area contributed by atoms with Crippen molar-refractivity contribution in [2.75, 3.05) is 6.54 Å². The van der Waals surface area contributed by atoms with E-state index in [2.05, 4.69) is 14.8 Å². The maximum atomic E-state index is 13.2. The molecule has 1 aliphatic heterocycles. The molecule has 19 heavy (non-hydrogen) atoms. The maximum Gasteiger partial charge on any atom is 0.248 e. The molecule has 2 aliphatic rings. The van der Waals surface area contributed by atoms with Crippen molar-refractivity contribution in [2.45, 2.75) is 56.9 Å². The van der Waals surface area contributed by atoms with E-state index in [1.165, 1.54) is 0 Å². The van der Waals surface area contributed by atoms with Gasteiger partial charge in [0.25, 0.3) is 0 Å². The van der Waals surface area contributed by atoms with Gasteiger partial charge in [0.15, 0.2) is 0 Å². The lowest BCUT2D eigenvalue weighted by atomic mass is 9.86. The van der Waals surface area contributed by atoms with Crippen LogP contribution in [0.4, 0.5) is 8.78 Å². The van der Waals surface area contributed by atoms with Crippen LogP contribution in [-0.2, 0) is 13.0 Å². The highest BCUT2D eigenvalue weighted by atomic mass is 19.3. The summed E-state index contributed by atoms with van der Waals surface area (Å²) in [6.45, 7) is 1.51. The first kappa shape index (κ1) is 13.0. The summed E-state index contributed by atoms with van der Waals surface area (Å²) in [6, 6.07) is 0. The van der Waals surface area contributed by atoms with Gasteiger partial charge in [0.1, 0.15) is 11.6 Å². The Bertz CT molecular complexity index is 447. The van der Waals surface area contributed by atoms with Crippen LogP contribution >= 0.6 is 0 Å². The van der Waals surface area contributed by atoms with Gasteiger partial charge in [-0.2, -0.15) is 0 Å². The minimum atomic E-state index is -2.49. The maximum absolute atomic E-state index is 13.2. The van der Waals surface area contributed by atoms with Gasteiger partial charge in [-0.05, 0) is 31.7 Å². The van der Waals surface area contributed by atoms with Crippen molar-refractivity contribution >= 4 is 0 Å². The number of nitrogens with two attached hydrogens (primary N) is 1. The standard InChI is InChI=1S/C13H20F2N4/c14-13(15)5-3-10(4-6-13)12-18-17-11-2-1-9(7-16)8-19(11)12/h9-10H,1-8,16H2. The van der Waals surface area contributed by atoms with Crippen LogP contribution in [0.5, 0.6) is 0 Å². The molecule has 1 aliphatic carbocycles. The van der Waals surface area contributed by atoms with E-state index in [1.54, 1.807) is 0 Å². The Balaban J connectivity index is 1.78. The fourth-order valence-electron chi connectivity index (χ4n) is 3.21. The van der Waals surface area contributed by atoms with Crippen LogP contribution in [0.1, 0.15) is 49.7 Å². The monoisotopic (exact) mass is 270 g/mol. The van der Waals surface area contributed by atoms with Crippen LogP contribution in [0.3, 0.4) is 0 Å². The highest BCUT2D eigenvalue weighted by molar-refractivity contribution is 5.07. The summed E-state index contributed by atoms with van der Waals surface area (Å²) in [6.07, 6.45) is 2.92. The highest BCUT2D eigenvalue weighted by Gasteiger charge is 2.37. The fourth-order valence-corrected chi connectivity index (χ4v) is 3.21. The first-order valence-electron chi connectivity index (χ1n) is 7.09. The SMILES string of the molecule is NCC1CCc2nnc(C3CCC(F)(F)CC3)n2C1. The van der Waals surface area contributed by atoms with Crippen LogP contribution in [0.2, 0.25) is 0 Å². The smallest absolute Gasteiger partial charge is 0.248 e. The van der Waals surface area contributed by atoms with Crippen molar-refractivity contribution < 1.29 is 8.78 Å². The third kappa shape index (κ3) is 2.50. The summed E-state index contributed by atoms with van der Waals surface area (Å²) in [5.41, 5.74) is 5.74. The molecule has 1 saturated carbocycles. The van der Waals surface area contributed by atoms with Crippen molar-refractivity contribution in [3.8, 4) is 0 Å². The molecule has 2 heterocycles. The van der Waals surface area contributed by atoms with E-state index in [-0.39, 0.29) is 18.8 Å². The van der Waals surface area contributed by atoms with Gasteiger partial charge < -0.3 is 10.3 Å². The number of hydrogen-bond donors (Lipinski definition) is 1. The molecule has 0 saturated heterocycles. The van der Waals surface area contributed by atoms with E-state index in [0.717, 1.165) is 31.0 Å². The van der Waals surface area contributed by atoms with Gasteiger partial charge in [0.2, 0.25) is 5.92 Å². The molecule has 106 valence electrons. The summed E-state index contributed by atoms with van der Waals surface area (Å²) in [5.74, 6) is 0.0199. The lowest BCUT2D eigenvalue weighted by molar-refractivity contribution is -0.0390. The quantitative estimate of drug-likeness (QED) is 0.895. The van der Waals surface area contributed by atoms with E-state index in [0.29, 0.717) is 25.3 Å². The molecule has 0 bridgehead atoms. The first-order valence-corrected chi connectivity index (χ1v) is 7.09. The van der Waals surface area contributed by atoms with E-state index < -0.39 is 5.92 Å². The summed E-state index contributed by atoms with van der Waals surface area (Å²) < 4.78 is 28.6. The fraction of sp³-hybridized carbons (Fsp3) is 0.846. The second-order valence-corrected chi connectivity index (χ2v) is 5.86. The van der Waals surface area contributed by atoms with Crippen molar-refractivity contribution in [1.82, 2.24) is 14.8 Å². The predicted octanol–water partition coefficient (Wildman–Crippen LogP) is 2.09. The molecule has 0 spiro atoms. The average Bonchev–Trinajstić information content (AvgIpc) is 2.81. The molecule has 1 aromatic heterocycles. The Morgan fingerprint density at radius 2 is 1.95 bits per heavy atom. The Morgan fingerprint density at radius 3 is 2.63 bits per heavy atom. The molecule has 0 amide bonds. The van der Waals surface area contributed by atoms with Crippen molar-refractivity contribution in [1.29, 1.82) is 0 Å². The van der Waals surface area contributed by atoms with Crippen LogP contribution in [-0.4, -0.2) is 27.2 Å². The number of aromatic nitrogens is 3. The Kier molecular flexibility index (Phi) is 3.28. The lowest BCUT2D eigenvalue weighted by Gasteiger charge is -2.29. The third-order valence-corrected chi connectivity index (χ3v) is 4.49. The van der Waals surface area contributed by atoms with Crippen LogP contribution in [0.15, 0.2) is 0 Å². The predicted molar refractivity (Wildman–Crippen MR) is 67.0 cm³/mol. The number of alkyl halides is 2. The number of nitrogens with zero attached hydrogens (tertiary/aromatic N) is 3. The Labute approximate surface area is 111 Å². The second kappa shape index (κ2) is 4.81. The molecule has 0 aromatic carbocycles. The summed E-state index contributed by atoms with van der Waals surface area (Å²) >= 11 is 0. The van der Waals surface area contributed by atoms with Gasteiger partial charge in [0.05, 0.1) is 0 Å². The zero-order valence-corrected chi connectivity index (χ0v) is 11.0. The van der Waals surface area contributed by atoms with Gasteiger partial charge in [-0.25, -0.2) is 8.78 Å². The summed E-state index contributed by atoms with van der Waals surface area (Å²) in [7, 11) is 0. The zero-order chi connectivity index (χ0) is 13.5. The number of fused-ring (bicyclic) bond motifs is 1. The molecular formula is C13H20F2N4. The largest absolute Gasteiger partial charge is 0.330 e. The topological polar surface area (TPSA) is 56.7 Å². The molecule has 1 atom stereocenters.